The largest absolute Gasteiger partial charge is 0.396 e. The van der Waals surface area contributed by atoms with E-state index in [-0.39, 0.29) is 0 Å². The molecule has 1 aliphatic rings. The molecular weight excluding hydrogens is 200 g/mol. The molecule has 1 fully saturated rings. The van der Waals surface area contributed by atoms with Crippen LogP contribution in [-0.2, 0) is 0 Å². The first kappa shape index (κ1) is 13.9. The van der Waals surface area contributed by atoms with Gasteiger partial charge < -0.3 is 10.4 Å². The van der Waals surface area contributed by atoms with Gasteiger partial charge in [0.1, 0.15) is 0 Å². The van der Waals surface area contributed by atoms with E-state index < -0.39 is 0 Å². The third-order valence-corrected chi connectivity index (χ3v) is 3.50. The zero-order valence-corrected chi connectivity index (χ0v) is 11.1. The van der Waals surface area contributed by atoms with Crippen molar-refractivity contribution in [2.45, 2.75) is 45.6 Å². The molecule has 1 heterocycles. The summed E-state index contributed by atoms with van der Waals surface area (Å²) in [6.45, 7) is 8.35. The maximum Gasteiger partial charge on any atom is 0.0445 e. The lowest BCUT2D eigenvalue weighted by Gasteiger charge is -2.40. The molecule has 16 heavy (non-hydrogen) atoms. The van der Waals surface area contributed by atoms with Crippen LogP contribution in [0.2, 0.25) is 0 Å². The van der Waals surface area contributed by atoms with Crippen molar-refractivity contribution in [3.8, 4) is 0 Å². The quantitative estimate of drug-likeness (QED) is 0.722. The van der Waals surface area contributed by atoms with E-state index in [2.05, 4.69) is 24.1 Å². The Morgan fingerprint density at radius 3 is 2.75 bits per heavy atom. The first-order chi connectivity index (χ1) is 7.59. The van der Waals surface area contributed by atoms with Gasteiger partial charge in [-0.05, 0) is 38.3 Å². The summed E-state index contributed by atoms with van der Waals surface area (Å²) in [5, 5.41) is 12.4. The molecule has 3 heteroatoms. The minimum Gasteiger partial charge on any atom is -0.396 e. The van der Waals surface area contributed by atoms with Gasteiger partial charge in [-0.25, -0.2) is 0 Å². The number of likely N-dealkylation sites (tertiary alicyclic amines) is 1. The maximum absolute atomic E-state index is 9.10. The highest BCUT2D eigenvalue weighted by Gasteiger charge is 2.27. The van der Waals surface area contributed by atoms with E-state index in [1.807, 2.05) is 7.05 Å². The first-order valence-corrected chi connectivity index (χ1v) is 6.58. The van der Waals surface area contributed by atoms with Crippen molar-refractivity contribution in [3.05, 3.63) is 0 Å². The molecule has 1 aliphatic heterocycles. The fraction of sp³-hybridized carbons (Fsp3) is 1.00. The monoisotopic (exact) mass is 228 g/mol. The lowest BCUT2D eigenvalue weighted by atomic mass is 9.89. The van der Waals surface area contributed by atoms with Crippen molar-refractivity contribution in [2.75, 3.05) is 33.3 Å². The smallest absolute Gasteiger partial charge is 0.0445 e. The molecule has 1 atom stereocenters. The fourth-order valence-corrected chi connectivity index (χ4v) is 2.83. The van der Waals surface area contributed by atoms with Gasteiger partial charge in [0.15, 0.2) is 0 Å². The van der Waals surface area contributed by atoms with Gasteiger partial charge in [-0.2, -0.15) is 0 Å². The number of nitrogens with zero attached hydrogens (tertiary/aromatic N) is 1. The second kappa shape index (κ2) is 6.58. The summed E-state index contributed by atoms with van der Waals surface area (Å²) in [7, 11) is 2.02. The van der Waals surface area contributed by atoms with Crippen LogP contribution in [0.15, 0.2) is 0 Å². The lowest BCUT2D eigenvalue weighted by molar-refractivity contribution is 0.0789. The Bertz CT molecular complexity index is 192. The van der Waals surface area contributed by atoms with E-state index in [0.717, 1.165) is 19.5 Å². The third-order valence-electron chi connectivity index (χ3n) is 3.50. The molecule has 1 rings (SSSR count). The van der Waals surface area contributed by atoms with Crippen molar-refractivity contribution in [1.82, 2.24) is 10.2 Å². The van der Waals surface area contributed by atoms with Crippen molar-refractivity contribution >= 4 is 0 Å². The Morgan fingerprint density at radius 1 is 1.38 bits per heavy atom. The summed E-state index contributed by atoms with van der Waals surface area (Å²) >= 11 is 0. The Morgan fingerprint density at radius 2 is 2.12 bits per heavy atom. The van der Waals surface area contributed by atoms with Crippen LogP contribution in [0.25, 0.3) is 0 Å². The van der Waals surface area contributed by atoms with Crippen LogP contribution in [0, 0.1) is 5.41 Å². The van der Waals surface area contributed by atoms with Crippen LogP contribution in [0.3, 0.4) is 0 Å². The predicted octanol–water partition coefficient (Wildman–Crippen LogP) is 1.47. The summed E-state index contributed by atoms with van der Waals surface area (Å²) in [4.78, 5) is 2.58. The molecule has 3 nitrogen and oxygen atoms in total. The SMILES string of the molecule is CNCC(C)(C)CN1CCCCC1CCO. The van der Waals surface area contributed by atoms with E-state index in [9.17, 15) is 0 Å². The highest BCUT2D eigenvalue weighted by atomic mass is 16.3. The summed E-state index contributed by atoms with van der Waals surface area (Å²) in [5.74, 6) is 0. The molecule has 0 aromatic carbocycles. The summed E-state index contributed by atoms with van der Waals surface area (Å²) in [6, 6.07) is 0.606. The average molecular weight is 228 g/mol. The van der Waals surface area contributed by atoms with E-state index in [1.165, 1.54) is 25.8 Å². The normalized spacial score (nSPS) is 23.6. The lowest BCUT2D eigenvalue weighted by Crippen LogP contribution is -2.47. The van der Waals surface area contributed by atoms with Crippen LogP contribution in [-0.4, -0.2) is 49.3 Å². The molecule has 96 valence electrons. The second-order valence-electron chi connectivity index (χ2n) is 5.83. The zero-order chi connectivity index (χ0) is 12.0. The van der Waals surface area contributed by atoms with Crippen molar-refractivity contribution in [2.24, 2.45) is 5.41 Å². The van der Waals surface area contributed by atoms with Gasteiger partial charge in [-0.15, -0.1) is 0 Å². The number of aliphatic hydroxyl groups excluding tert-OH is 1. The number of hydrogen-bond acceptors (Lipinski definition) is 3. The van der Waals surface area contributed by atoms with Crippen LogP contribution in [0.5, 0.6) is 0 Å². The van der Waals surface area contributed by atoms with E-state index in [1.54, 1.807) is 0 Å². The van der Waals surface area contributed by atoms with Crippen molar-refractivity contribution in [1.29, 1.82) is 0 Å². The van der Waals surface area contributed by atoms with Gasteiger partial charge in [-0.3, -0.25) is 4.90 Å². The third kappa shape index (κ3) is 4.40. The van der Waals surface area contributed by atoms with E-state index >= 15 is 0 Å². The molecule has 2 N–H and O–H groups in total. The molecule has 0 aromatic rings. The molecule has 0 radical (unpaired) electrons. The topological polar surface area (TPSA) is 35.5 Å². The Balaban J connectivity index is 2.48. The van der Waals surface area contributed by atoms with Crippen LogP contribution in [0.1, 0.15) is 39.5 Å². The molecule has 0 bridgehead atoms. The van der Waals surface area contributed by atoms with Gasteiger partial charge in [0, 0.05) is 25.7 Å². The van der Waals surface area contributed by atoms with Crippen LogP contribution in [0.4, 0.5) is 0 Å². The molecule has 1 saturated heterocycles. The van der Waals surface area contributed by atoms with Gasteiger partial charge in [-0.1, -0.05) is 20.3 Å². The molecule has 0 saturated carbocycles. The highest BCUT2D eigenvalue weighted by molar-refractivity contribution is 4.83. The minimum absolute atomic E-state index is 0.319. The summed E-state index contributed by atoms with van der Waals surface area (Å²) in [6.07, 6.45) is 4.84. The predicted molar refractivity (Wildman–Crippen MR) is 68.6 cm³/mol. The molecule has 0 amide bonds. The molecule has 0 spiro atoms. The Labute approximate surface area is 100 Å². The molecule has 0 aromatic heterocycles. The van der Waals surface area contributed by atoms with Gasteiger partial charge in [0.2, 0.25) is 0 Å². The summed E-state index contributed by atoms with van der Waals surface area (Å²) in [5.41, 5.74) is 0.319. The van der Waals surface area contributed by atoms with Crippen molar-refractivity contribution in [3.63, 3.8) is 0 Å². The minimum atomic E-state index is 0.319. The molecular formula is C13H28N2O. The van der Waals surface area contributed by atoms with Gasteiger partial charge in [0.25, 0.3) is 0 Å². The molecule has 0 aliphatic carbocycles. The number of nitrogens with one attached hydrogen (secondary N) is 1. The van der Waals surface area contributed by atoms with E-state index in [0.29, 0.717) is 18.1 Å². The fourth-order valence-electron chi connectivity index (χ4n) is 2.83. The van der Waals surface area contributed by atoms with Gasteiger partial charge in [0.05, 0.1) is 0 Å². The molecule has 1 unspecified atom stereocenters. The standard InChI is InChI=1S/C13H28N2O/c1-13(2,10-14-3)11-15-8-5-4-6-12(15)7-9-16/h12,14,16H,4-11H2,1-3H3. The van der Waals surface area contributed by atoms with Gasteiger partial charge >= 0.3 is 0 Å². The Kier molecular flexibility index (Phi) is 5.73. The van der Waals surface area contributed by atoms with E-state index in [4.69, 9.17) is 5.11 Å². The zero-order valence-electron chi connectivity index (χ0n) is 11.1. The van der Waals surface area contributed by atoms with Crippen LogP contribution >= 0.6 is 0 Å². The highest BCUT2D eigenvalue weighted by Crippen LogP contribution is 2.24. The van der Waals surface area contributed by atoms with Crippen LogP contribution < -0.4 is 5.32 Å². The second-order valence-corrected chi connectivity index (χ2v) is 5.83. The summed E-state index contributed by atoms with van der Waals surface area (Å²) < 4.78 is 0. The number of rotatable bonds is 6. The Hall–Kier alpha value is -0.120. The number of hydrogen-bond donors (Lipinski definition) is 2. The number of piperidine rings is 1. The number of aliphatic hydroxyl groups is 1. The van der Waals surface area contributed by atoms with Crippen molar-refractivity contribution < 1.29 is 5.11 Å². The maximum atomic E-state index is 9.10. The first-order valence-electron chi connectivity index (χ1n) is 6.58. The average Bonchev–Trinajstić information content (AvgIpc) is 2.20.